The van der Waals surface area contributed by atoms with Crippen molar-refractivity contribution in [2.24, 2.45) is 21.5 Å². The molecule has 0 bridgehead atoms. The Bertz CT molecular complexity index is 514. The number of piperazine rings is 1. The number of benzene rings is 1. The zero-order valence-corrected chi connectivity index (χ0v) is 12.1. The fraction of sp³-hybridized carbons (Fsp3) is 0.429. The van der Waals surface area contributed by atoms with Crippen molar-refractivity contribution in [1.82, 2.24) is 9.80 Å². The minimum atomic E-state index is 0.187. The molecule has 0 radical (unpaired) electrons. The molecule has 0 saturated carbocycles. The molecular weight excluding hydrogens is 252 g/mol. The number of likely N-dealkylation sites (N-methyl/N-ethyl adjacent to an activating group) is 1. The molecule has 0 unspecified atom stereocenters. The third-order valence-corrected chi connectivity index (χ3v) is 3.30. The largest absolute Gasteiger partial charge is 0.369 e. The van der Waals surface area contributed by atoms with Crippen LogP contribution in [0.1, 0.15) is 5.56 Å². The molecule has 0 atom stereocenters. The smallest absolute Gasteiger partial charge is 0.223 e. The monoisotopic (exact) mass is 274 g/mol. The highest BCUT2D eigenvalue weighted by atomic mass is 15.3. The highest BCUT2D eigenvalue weighted by Gasteiger charge is 2.15. The molecule has 1 aromatic carbocycles. The lowest BCUT2D eigenvalue weighted by Crippen LogP contribution is -2.50. The predicted octanol–water partition coefficient (Wildman–Crippen LogP) is 0.503. The number of hydrogen-bond acceptors (Lipinski definition) is 2. The number of rotatable bonds is 1. The first kappa shape index (κ1) is 14.3. The van der Waals surface area contributed by atoms with Gasteiger partial charge in [0.25, 0.3) is 0 Å². The summed E-state index contributed by atoms with van der Waals surface area (Å²) in [5.41, 5.74) is 13.7. The maximum atomic E-state index is 5.97. The second-order valence-electron chi connectivity index (χ2n) is 5.07. The van der Waals surface area contributed by atoms with Gasteiger partial charge in [-0.25, -0.2) is 4.99 Å². The lowest BCUT2D eigenvalue weighted by molar-refractivity contribution is 0.214. The topological polar surface area (TPSA) is 83.2 Å². The van der Waals surface area contributed by atoms with E-state index >= 15 is 0 Å². The van der Waals surface area contributed by atoms with Crippen molar-refractivity contribution in [2.75, 3.05) is 33.2 Å². The molecule has 1 saturated heterocycles. The molecule has 0 amide bonds. The van der Waals surface area contributed by atoms with Gasteiger partial charge in [0.15, 0.2) is 5.96 Å². The molecule has 20 heavy (non-hydrogen) atoms. The van der Waals surface area contributed by atoms with Crippen molar-refractivity contribution in [3.8, 4) is 0 Å². The third-order valence-electron chi connectivity index (χ3n) is 3.30. The van der Waals surface area contributed by atoms with E-state index in [4.69, 9.17) is 11.5 Å². The first-order valence-corrected chi connectivity index (χ1v) is 6.73. The summed E-state index contributed by atoms with van der Waals surface area (Å²) >= 11 is 0. The first-order chi connectivity index (χ1) is 9.54. The van der Waals surface area contributed by atoms with Crippen LogP contribution in [0, 0.1) is 6.92 Å². The Morgan fingerprint density at radius 1 is 1.15 bits per heavy atom. The fourth-order valence-corrected chi connectivity index (χ4v) is 2.08. The standard InChI is InChI=1S/C14H22N6/c1-11-4-3-5-12(10-11)17-13(15)18-14(16)20-8-6-19(2)7-9-20/h3-5,10H,6-9H2,1-2H3,(H4,15,16,17,18). The van der Waals surface area contributed by atoms with Gasteiger partial charge < -0.3 is 21.3 Å². The maximum Gasteiger partial charge on any atom is 0.223 e. The van der Waals surface area contributed by atoms with Crippen molar-refractivity contribution in [1.29, 1.82) is 0 Å². The normalized spacial score (nSPS) is 18.4. The van der Waals surface area contributed by atoms with Gasteiger partial charge in [-0.05, 0) is 31.7 Å². The predicted molar refractivity (Wildman–Crippen MR) is 83.2 cm³/mol. The van der Waals surface area contributed by atoms with Crippen molar-refractivity contribution >= 4 is 17.6 Å². The molecule has 0 spiro atoms. The molecule has 6 heteroatoms. The summed E-state index contributed by atoms with van der Waals surface area (Å²) in [7, 11) is 2.10. The molecule has 6 nitrogen and oxygen atoms in total. The van der Waals surface area contributed by atoms with Crippen LogP contribution in [0.4, 0.5) is 5.69 Å². The highest BCUT2D eigenvalue weighted by Crippen LogP contribution is 2.13. The molecule has 1 aliphatic rings. The summed E-state index contributed by atoms with van der Waals surface area (Å²) in [6.45, 7) is 5.69. The minimum absolute atomic E-state index is 0.187. The second-order valence-corrected chi connectivity index (χ2v) is 5.07. The Balaban J connectivity index is 2.05. The molecular formula is C14H22N6. The number of hydrogen-bond donors (Lipinski definition) is 2. The van der Waals surface area contributed by atoms with Crippen LogP contribution in [0.5, 0.6) is 0 Å². The first-order valence-electron chi connectivity index (χ1n) is 6.73. The van der Waals surface area contributed by atoms with E-state index in [1.807, 2.05) is 36.1 Å². The van der Waals surface area contributed by atoms with Gasteiger partial charge in [-0.2, -0.15) is 4.99 Å². The molecule has 2 rings (SSSR count). The number of aliphatic imine (C=N–C) groups is 2. The SMILES string of the molecule is Cc1cccc(N=C(N)N=C(N)N2CCN(C)CC2)c1. The maximum absolute atomic E-state index is 5.97. The van der Waals surface area contributed by atoms with Gasteiger partial charge in [-0.1, -0.05) is 12.1 Å². The van der Waals surface area contributed by atoms with Crippen LogP contribution in [0.3, 0.4) is 0 Å². The summed E-state index contributed by atoms with van der Waals surface area (Å²) in [5.74, 6) is 0.624. The molecule has 1 aromatic rings. The van der Waals surface area contributed by atoms with E-state index in [0.717, 1.165) is 37.4 Å². The lowest BCUT2D eigenvalue weighted by atomic mass is 10.2. The molecule has 1 heterocycles. The van der Waals surface area contributed by atoms with Gasteiger partial charge in [0.1, 0.15) is 0 Å². The van der Waals surface area contributed by atoms with Crippen LogP contribution in [0.2, 0.25) is 0 Å². The Labute approximate surface area is 119 Å². The van der Waals surface area contributed by atoms with Crippen LogP contribution >= 0.6 is 0 Å². The molecule has 108 valence electrons. The summed E-state index contributed by atoms with van der Waals surface area (Å²) in [6.07, 6.45) is 0. The van der Waals surface area contributed by atoms with E-state index in [9.17, 15) is 0 Å². The fourth-order valence-electron chi connectivity index (χ4n) is 2.08. The lowest BCUT2D eigenvalue weighted by Gasteiger charge is -2.32. The van der Waals surface area contributed by atoms with Gasteiger partial charge >= 0.3 is 0 Å². The van der Waals surface area contributed by atoms with Gasteiger partial charge in [0, 0.05) is 26.2 Å². The van der Waals surface area contributed by atoms with Crippen LogP contribution in [0.25, 0.3) is 0 Å². The van der Waals surface area contributed by atoms with E-state index in [-0.39, 0.29) is 5.96 Å². The highest BCUT2D eigenvalue weighted by molar-refractivity contribution is 5.94. The van der Waals surface area contributed by atoms with E-state index in [1.54, 1.807) is 0 Å². The van der Waals surface area contributed by atoms with Crippen molar-refractivity contribution in [3.05, 3.63) is 29.8 Å². The Morgan fingerprint density at radius 2 is 1.85 bits per heavy atom. The quantitative estimate of drug-likeness (QED) is 0.577. The third kappa shape index (κ3) is 3.96. The molecule has 1 fully saturated rings. The van der Waals surface area contributed by atoms with Crippen molar-refractivity contribution in [2.45, 2.75) is 6.92 Å². The Morgan fingerprint density at radius 3 is 2.50 bits per heavy atom. The van der Waals surface area contributed by atoms with Crippen molar-refractivity contribution < 1.29 is 0 Å². The van der Waals surface area contributed by atoms with Crippen LogP contribution < -0.4 is 11.5 Å². The number of nitrogens with two attached hydrogens (primary N) is 2. The summed E-state index contributed by atoms with van der Waals surface area (Å²) in [5, 5.41) is 0. The van der Waals surface area contributed by atoms with Gasteiger partial charge in [-0.3, -0.25) is 0 Å². The summed E-state index contributed by atoms with van der Waals surface area (Å²) < 4.78 is 0. The molecule has 1 aliphatic heterocycles. The van der Waals surface area contributed by atoms with E-state index in [0.29, 0.717) is 5.96 Å². The minimum Gasteiger partial charge on any atom is -0.369 e. The van der Waals surface area contributed by atoms with Gasteiger partial charge in [0.05, 0.1) is 5.69 Å². The van der Waals surface area contributed by atoms with E-state index in [1.165, 1.54) is 0 Å². The number of aryl methyl sites for hydroxylation is 1. The van der Waals surface area contributed by atoms with E-state index in [2.05, 4.69) is 21.9 Å². The second kappa shape index (κ2) is 6.38. The van der Waals surface area contributed by atoms with E-state index < -0.39 is 0 Å². The number of guanidine groups is 2. The zero-order valence-electron chi connectivity index (χ0n) is 12.1. The van der Waals surface area contributed by atoms with Gasteiger partial charge in [0.2, 0.25) is 5.96 Å². The Kier molecular flexibility index (Phi) is 4.57. The van der Waals surface area contributed by atoms with Crippen LogP contribution in [-0.2, 0) is 0 Å². The number of nitrogens with zero attached hydrogens (tertiary/aromatic N) is 4. The van der Waals surface area contributed by atoms with Crippen molar-refractivity contribution in [3.63, 3.8) is 0 Å². The summed E-state index contributed by atoms with van der Waals surface area (Å²) in [6, 6.07) is 7.79. The van der Waals surface area contributed by atoms with Crippen LogP contribution in [0.15, 0.2) is 34.3 Å². The van der Waals surface area contributed by atoms with Crippen LogP contribution in [-0.4, -0.2) is 54.9 Å². The summed E-state index contributed by atoms with van der Waals surface area (Å²) in [4.78, 5) is 12.7. The zero-order chi connectivity index (χ0) is 14.5. The average Bonchev–Trinajstić information content (AvgIpc) is 2.39. The van der Waals surface area contributed by atoms with Gasteiger partial charge in [-0.15, -0.1) is 0 Å². The molecule has 0 aromatic heterocycles. The molecule has 4 N–H and O–H groups in total. The average molecular weight is 274 g/mol. The Hall–Kier alpha value is -2.08. The molecule has 0 aliphatic carbocycles.